The molecule has 1 heterocycles. The van der Waals surface area contributed by atoms with Crippen molar-refractivity contribution in [3.05, 3.63) is 53.1 Å². The zero-order valence-corrected chi connectivity index (χ0v) is 17.5. The van der Waals surface area contributed by atoms with Gasteiger partial charge in [0.2, 0.25) is 5.75 Å². The predicted molar refractivity (Wildman–Crippen MR) is 113 cm³/mol. The number of hydrogen-bond donors (Lipinski definition) is 1. The van der Waals surface area contributed by atoms with Crippen molar-refractivity contribution in [1.82, 2.24) is 0 Å². The number of fused-ring (bicyclic) bond motifs is 1. The largest absolute Gasteiger partial charge is 0.493 e. The number of carbonyl (C=O) groups excluding carboxylic acids is 2. The van der Waals surface area contributed by atoms with E-state index in [9.17, 15) is 9.59 Å². The van der Waals surface area contributed by atoms with Crippen molar-refractivity contribution in [3.8, 4) is 17.2 Å². The van der Waals surface area contributed by atoms with Crippen LogP contribution in [0.2, 0.25) is 0 Å². The molecule has 30 heavy (non-hydrogen) atoms. The lowest BCUT2D eigenvalue weighted by molar-refractivity contribution is -0.148. The number of esters is 1. The van der Waals surface area contributed by atoms with E-state index in [1.807, 2.05) is 32.0 Å². The van der Waals surface area contributed by atoms with Crippen molar-refractivity contribution in [2.75, 3.05) is 25.6 Å². The van der Waals surface area contributed by atoms with Gasteiger partial charge in [-0.2, -0.15) is 0 Å². The summed E-state index contributed by atoms with van der Waals surface area (Å²) in [4.78, 5) is 24.6. The van der Waals surface area contributed by atoms with Gasteiger partial charge >= 0.3 is 5.97 Å². The molecule has 1 amide bonds. The van der Waals surface area contributed by atoms with Crippen LogP contribution in [0.3, 0.4) is 0 Å². The second-order valence-corrected chi connectivity index (χ2v) is 6.92. The highest BCUT2D eigenvalue weighted by atomic mass is 16.6. The molecule has 0 aliphatic carbocycles. The normalized spacial score (nSPS) is 13.6. The third-order valence-corrected chi connectivity index (χ3v) is 4.65. The summed E-state index contributed by atoms with van der Waals surface area (Å²) < 4.78 is 21.7. The molecular formula is C23H25NO6. The Bertz CT molecular complexity index is 944. The average molecular weight is 411 g/mol. The van der Waals surface area contributed by atoms with Crippen LogP contribution in [0.25, 0.3) is 6.08 Å². The fourth-order valence-electron chi connectivity index (χ4n) is 3.06. The Morgan fingerprint density at radius 1 is 1.13 bits per heavy atom. The minimum absolute atomic E-state index is 0.393. The van der Waals surface area contributed by atoms with Gasteiger partial charge in [0.05, 0.1) is 7.11 Å². The molecule has 0 bridgehead atoms. The lowest BCUT2D eigenvalue weighted by Gasteiger charge is -2.20. The first-order chi connectivity index (χ1) is 14.4. The molecule has 7 heteroatoms. The molecule has 158 valence electrons. The molecule has 1 N–H and O–H groups in total. The maximum atomic E-state index is 12.4. The zero-order valence-electron chi connectivity index (χ0n) is 17.5. The molecular weight excluding hydrogens is 386 g/mol. The lowest BCUT2D eigenvalue weighted by atomic mass is 10.1. The van der Waals surface area contributed by atoms with E-state index in [1.54, 1.807) is 18.2 Å². The predicted octanol–water partition coefficient (Wildman–Crippen LogP) is 3.67. The minimum atomic E-state index is -0.948. The molecule has 0 radical (unpaired) electrons. The van der Waals surface area contributed by atoms with Crippen LogP contribution >= 0.6 is 0 Å². The summed E-state index contributed by atoms with van der Waals surface area (Å²) in [6, 6.07) is 9.21. The Morgan fingerprint density at radius 2 is 1.83 bits per heavy atom. The van der Waals surface area contributed by atoms with Crippen LogP contribution in [0.5, 0.6) is 17.2 Å². The number of aryl methyl sites for hydroxylation is 2. The van der Waals surface area contributed by atoms with Gasteiger partial charge in [0.25, 0.3) is 5.91 Å². The van der Waals surface area contributed by atoms with E-state index >= 15 is 0 Å². The van der Waals surface area contributed by atoms with Gasteiger partial charge in [-0.1, -0.05) is 18.2 Å². The van der Waals surface area contributed by atoms with Crippen LogP contribution in [0, 0.1) is 13.8 Å². The van der Waals surface area contributed by atoms with Gasteiger partial charge in [0.1, 0.15) is 13.2 Å². The average Bonchev–Trinajstić information content (AvgIpc) is 2.74. The van der Waals surface area contributed by atoms with Gasteiger partial charge in [-0.25, -0.2) is 4.79 Å². The monoisotopic (exact) mass is 411 g/mol. The number of nitrogens with one attached hydrogen (secondary N) is 1. The smallest absolute Gasteiger partial charge is 0.331 e. The topological polar surface area (TPSA) is 83.1 Å². The van der Waals surface area contributed by atoms with E-state index in [0.29, 0.717) is 36.0 Å². The standard InChI is InChI=1S/C23H25NO6/c1-14-6-5-7-15(2)21(14)24-23(26)16(3)30-20(25)9-8-17-12-18(27-4)22-19(13-17)28-10-11-29-22/h5-9,12-13,16H,10-11H2,1-4H3,(H,24,26)/b9-8+/t16-/m0/s1. The highest BCUT2D eigenvalue weighted by molar-refractivity contribution is 5.97. The highest BCUT2D eigenvalue weighted by Gasteiger charge is 2.19. The van der Waals surface area contributed by atoms with Gasteiger partial charge < -0.3 is 24.3 Å². The number of anilines is 1. The third kappa shape index (κ3) is 4.92. The molecule has 2 aromatic carbocycles. The molecule has 0 fully saturated rings. The zero-order chi connectivity index (χ0) is 21.7. The van der Waals surface area contributed by atoms with E-state index in [2.05, 4.69) is 5.32 Å². The maximum Gasteiger partial charge on any atom is 0.331 e. The van der Waals surface area contributed by atoms with Crippen LogP contribution < -0.4 is 19.5 Å². The summed E-state index contributed by atoms with van der Waals surface area (Å²) in [5, 5.41) is 2.82. The second kappa shape index (κ2) is 9.35. The number of rotatable bonds is 6. The molecule has 1 aliphatic heterocycles. The summed E-state index contributed by atoms with van der Waals surface area (Å²) in [6.45, 7) is 6.24. The summed E-state index contributed by atoms with van der Waals surface area (Å²) >= 11 is 0. The minimum Gasteiger partial charge on any atom is -0.493 e. The first-order valence-corrected chi connectivity index (χ1v) is 9.62. The van der Waals surface area contributed by atoms with Crippen molar-refractivity contribution >= 4 is 23.6 Å². The molecule has 0 spiro atoms. The molecule has 0 unspecified atom stereocenters. The Labute approximate surface area is 175 Å². The number of amides is 1. The quantitative estimate of drug-likeness (QED) is 0.577. The SMILES string of the molecule is COc1cc(/C=C/C(=O)O[C@@H](C)C(=O)Nc2c(C)cccc2C)cc2c1OCCO2. The van der Waals surface area contributed by atoms with Crippen molar-refractivity contribution < 1.29 is 28.5 Å². The number of carbonyl (C=O) groups is 2. The van der Waals surface area contributed by atoms with E-state index in [-0.39, 0.29) is 0 Å². The van der Waals surface area contributed by atoms with E-state index in [1.165, 1.54) is 20.1 Å². The number of ether oxygens (including phenoxy) is 4. The van der Waals surface area contributed by atoms with Gasteiger partial charge in [0.15, 0.2) is 17.6 Å². The summed E-state index contributed by atoms with van der Waals surface area (Å²) in [5.41, 5.74) is 3.29. The highest BCUT2D eigenvalue weighted by Crippen LogP contribution is 2.40. The molecule has 0 saturated heterocycles. The molecule has 7 nitrogen and oxygen atoms in total. The molecule has 1 aliphatic rings. The molecule has 1 atom stereocenters. The van der Waals surface area contributed by atoms with E-state index < -0.39 is 18.0 Å². The maximum absolute atomic E-state index is 12.4. The number of hydrogen-bond acceptors (Lipinski definition) is 6. The van der Waals surface area contributed by atoms with Crippen molar-refractivity contribution in [2.24, 2.45) is 0 Å². The van der Waals surface area contributed by atoms with Crippen molar-refractivity contribution in [1.29, 1.82) is 0 Å². The first-order valence-electron chi connectivity index (χ1n) is 9.62. The van der Waals surface area contributed by atoms with Crippen LogP contribution in [0.4, 0.5) is 5.69 Å². The Balaban J connectivity index is 1.63. The van der Waals surface area contributed by atoms with E-state index in [4.69, 9.17) is 18.9 Å². The summed E-state index contributed by atoms with van der Waals surface area (Å²) in [7, 11) is 1.53. The van der Waals surface area contributed by atoms with Crippen LogP contribution in [-0.2, 0) is 14.3 Å². The Morgan fingerprint density at radius 3 is 2.53 bits per heavy atom. The summed E-state index contributed by atoms with van der Waals surface area (Å²) in [5.74, 6) is 0.583. The van der Waals surface area contributed by atoms with Crippen LogP contribution in [0.1, 0.15) is 23.6 Å². The van der Waals surface area contributed by atoms with Crippen molar-refractivity contribution in [2.45, 2.75) is 26.9 Å². The lowest BCUT2D eigenvalue weighted by Crippen LogP contribution is -2.30. The molecule has 0 saturated carbocycles. The second-order valence-electron chi connectivity index (χ2n) is 6.92. The van der Waals surface area contributed by atoms with Crippen molar-refractivity contribution in [3.63, 3.8) is 0 Å². The Hall–Kier alpha value is -3.48. The fraction of sp³-hybridized carbons (Fsp3) is 0.304. The van der Waals surface area contributed by atoms with Gasteiger partial charge in [-0.15, -0.1) is 0 Å². The van der Waals surface area contributed by atoms with Crippen LogP contribution in [0.15, 0.2) is 36.4 Å². The molecule has 0 aromatic heterocycles. The fourth-order valence-corrected chi connectivity index (χ4v) is 3.06. The Kier molecular flexibility index (Phi) is 6.61. The number of methoxy groups -OCH3 is 1. The van der Waals surface area contributed by atoms with Gasteiger partial charge in [-0.05, 0) is 55.7 Å². The van der Waals surface area contributed by atoms with Crippen LogP contribution in [-0.4, -0.2) is 38.3 Å². The van der Waals surface area contributed by atoms with Gasteiger partial charge in [-0.3, -0.25) is 4.79 Å². The summed E-state index contributed by atoms with van der Waals surface area (Å²) in [6.07, 6.45) is 1.88. The third-order valence-electron chi connectivity index (χ3n) is 4.65. The number of benzene rings is 2. The number of para-hydroxylation sites is 1. The molecule has 3 rings (SSSR count). The first kappa shape index (κ1) is 21.2. The van der Waals surface area contributed by atoms with Gasteiger partial charge in [0, 0.05) is 11.8 Å². The van der Waals surface area contributed by atoms with E-state index in [0.717, 1.165) is 16.8 Å². The molecule has 2 aromatic rings.